The summed E-state index contributed by atoms with van der Waals surface area (Å²) >= 11 is 0. The molecule has 1 heterocycles. The van der Waals surface area contributed by atoms with Gasteiger partial charge in [0.15, 0.2) is 0 Å². The van der Waals surface area contributed by atoms with E-state index in [-0.39, 0.29) is 25.9 Å². The smallest absolute Gasteiger partial charge is 0.231 e. The molecule has 7 rings (SSSR count). The number of aliphatic imine (C=N–C) groups is 1. The number of hydrogen-bond donors (Lipinski definition) is 0. The highest BCUT2D eigenvalue weighted by atomic mass is 31.1. The summed E-state index contributed by atoms with van der Waals surface area (Å²) in [5.74, 6) is 1.32. The first kappa shape index (κ1) is 28.0. The summed E-state index contributed by atoms with van der Waals surface area (Å²) in [4.78, 5) is 22.6. The molecule has 0 N–H and O–H groups in total. The number of carbonyl (C=O) groups excluding carboxylic acids is 1. The van der Waals surface area contributed by atoms with Crippen LogP contribution >= 0.6 is 7.92 Å². The van der Waals surface area contributed by atoms with Crippen LogP contribution in [0.3, 0.4) is 0 Å². The van der Waals surface area contributed by atoms with Crippen molar-refractivity contribution < 1.29 is 4.79 Å². The summed E-state index contributed by atoms with van der Waals surface area (Å²) in [6.07, 6.45) is 16.5. The topological polar surface area (TPSA) is 32.7 Å². The van der Waals surface area contributed by atoms with Gasteiger partial charge in [0, 0.05) is 11.5 Å². The fourth-order valence-electron chi connectivity index (χ4n) is 8.36. The maximum atomic E-state index is 14.8. The van der Waals surface area contributed by atoms with Gasteiger partial charge in [-0.2, -0.15) is 0 Å². The monoisotopic (exact) mass is 576 g/mol. The summed E-state index contributed by atoms with van der Waals surface area (Å²) in [5.41, 5.74) is 5.23. The third-order valence-corrected chi connectivity index (χ3v) is 14.0. The average molecular weight is 577 g/mol. The minimum absolute atomic E-state index is 0.0861. The maximum absolute atomic E-state index is 14.8. The van der Waals surface area contributed by atoms with Crippen LogP contribution in [0.15, 0.2) is 89.9 Å². The van der Waals surface area contributed by atoms with Crippen LogP contribution in [0.2, 0.25) is 0 Å². The summed E-state index contributed by atoms with van der Waals surface area (Å²) in [5, 5.41) is 1.52. The molecule has 3 aromatic carbocycles. The predicted molar refractivity (Wildman–Crippen MR) is 176 cm³/mol. The molecule has 3 saturated carbocycles. The van der Waals surface area contributed by atoms with E-state index in [1.165, 1.54) is 79.8 Å². The molecule has 0 aromatic heterocycles. The molecule has 2 atom stereocenters. The van der Waals surface area contributed by atoms with Crippen LogP contribution in [0.1, 0.15) is 112 Å². The third-order valence-electron chi connectivity index (χ3n) is 10.4. The molecule has 0 unspecified atom stereocenters. The van der Waals surface area contributed by atoms with Crippen LogP contribution in [0.25, 0.3) is 0 Å². The number of hydrogen-bond acceptors (Lipinski definition) is 2. The second kappa shape index (κ2) is 12.8. The van der Waals surface area contributed by atoms with E-state index in [1.54, 1.807) is 0 Å². The van der Waals surface area contributed by atoms with Crippen LogP contribution in [0.5, 0.6) is 0 Å². The van der Waals surface area contributed by atoms with E-state index in [2.05, 4.69) is 89.8 Å². The molecule has 4 heteroatoms. The van der Waals surface area contributed by atoms with E-state index >= 15 is 0 Å². The van der Waals surface area contributed by atoms with E-state index in [1.807, 2.05) is 0 Å². The van der Waals surface area contributed by atoms with Crippen molar-refractivity contribution in [3.05, 3.63) is 102 Å². The Morgan fingerprint density at radius 2 is 1.14 bits per heavy atom. The highest BCUT2D eigenvalue weighted by molar-refractivity contribution is 7.67. The van der Waals surface area contributed by atoms with E-state index in [9.17, 15) is 4.79 Å². The molecule has 0 radical (unpaired) electrons. The molecule has 3 nitrogen and oxygen atoms in total. The second-order valence-corrected chi connectivity index (χ2v) is 15.8. The van der Waals surface area contributed by atoms with Gasteiger partial charge in [-0.1, -0.05) is 138 Å². The molecular weight excluding hydrogens is 531 g/mol. The first-order chi connectivity index (χ1) is 20.8. The molecule has 4 aliphatic rings. The molecule has 3 aromatic rings. The number of carbonyl (C=O) groups is 1. The van der Waals surface area contributed by atoms with E-state index in [0.717, 1.165) is 42.8 Å². The lowest BCUT2D eigenvalue weighted by Crippen LogP contribution is -2.43. The highest BCUT2D eigenvalue weighted by Gasteiger charge is 2.45. The molecule has 0 bridgehead atoms. The molecule has 3 fully saturated rings. The van der Waals surface area contributed by atoms with Crippen LogP contribution in [-0.2, 0) is 4.79 Å². The van der Waals surface area contributed by atoms with Gasteiger partial charge in [-0.3, -0.25) is 14.7 Å². The first-order valence-electron chi connectivity index (χ1n) is 16.7. The Kier molecular flexibility index (Phi) is 8.57. The van der Waals surface area contributed by atoms with Gasteiger partial charge in [0.2, 0.25) is 5.91 Å². The van der Waals surface area contributed by atoms with Gasteiger partial charge in [0.1, 0.15) is 11.9 Å². The molecule has 1 amide bonds. The van der Waals surface area contributed by atoms with Crippen molar-refractivity contribution in [3.63, 3.8) is 0 Å². The lowest BCUT2D eigenvalue weighted by molar-refractivity contribution is -0.134. The summed E-state index contributed by atoms with van der Waals surface area (Å²) in [7, 11) is -0.304. The minimum Gasteiger partial charge on any atom is -0.286 e. The van der Waals surface area contributed by atoms with Gasteiger partial charge in [0.25, 0.3) is 0 Å². The molecule has 218 valence electrons. The standard InChI is InChI=1S/C38H45N2OP/c41-38(30-20-8-3-9-21-30)40-36(29-18-6-2-7-19-29)35(28-16-4-1-5-17-28)39-37(40)33-26-14-15-27-34(33)42(31-22-10-11-23-31)32-24-12-13-25-32/h1-2,4-7,14-19,26-27,30-32,35-36H,3,8-13,20-25H2/t35-,36-/m1/s1. The number of benzene rings is 3. The van der Waals surface area contributed by atoms with Crippen LogP contribution < -0.4 is 5.30 Å². The quantitative estimate of drug-likeness (QED) is 0.258. The van der Waals surface area contributed by atoms with E-state index in [4.69, 9.17) is 4.99 Å². The zero-order valence-electron chi connectivity index (χ0n) is 24.9. The third kappa shape index (κ3) is 5.50. The minimum atomic E-state index is -0.304. The average Bonchev–Trinajstić information content (AvgIpc) is 3.85. The Morgan fingerprint density at radius 1 is 0.619 bits per heavy atom. The maximum Gasteiger partial charge on any atom is 0.231 e. The van der Waals surface area contributed by atoms with Crippen molar-refractivity contribution >= 4 is 25.0 Å². The Morgan fingerprint density at radius 3 is 1.76 bits per heavy atom. The zero-order chi connectivity index (χ0) is 28.3. The molecule has 1 aliphatic heterocycles. The Hall–Kier alpha value is -2.77. The van der Waals surface area contributed by atoms with Crippen molar-refractivity contribution in [2.45, 2.75) is 107 Å². The molecule has 42 heavy (non-hydrogen) atoms. The van der Waals surface area contributed by atoms with Gasteiger partial charge in [0.05, 0.1) is 6.04 Å². The first-order valence-corrected chi connectivity index (χ1v) is 18.2. The highest BCUT2D eigenvalue weighted by Crippen LogP contribution is 2.57. The van der Waals surface area contributed by atoms with Gasteiger partial charge < -0.3 is 0 Å². The van der Waals surface area contributed by atoms with Crippen LogP contribution in [-0.4, -0.2) is 28.0 Å². The summed E-state index contributed by atoms with van der Waals surface area (Å²) in [6.45, 7) is 0. The van der Waals surface area contributed by atoms with Crippen molar-refractivity contribution in [3.8, 4) is 0 Å². The number of amidine groups is 1. The Balaban J connectivity index is 1.39. The SMILES string of the molecule is O=C(C1CCCCC1)N1C(c2ccccc2P(C2CCCC2)C2CCCC2)=N[C@H](c2ccccc2)[C@H]1c1ccccc1. The van der Waals surface area contributed by atoms with Gasteiger partial charge in [-0.05, 0) is 66.3 Å². The van der Waals surface area contributed by atoms with Crippen LogP contribution in [0, 0.1) is 5.92 Å². The van der Waals surface area contributed by atoms with Crippen molar-refractivity contribution in [1.29, 1.82) is 0 Å². The van der Waals surface area contributed by atoms with Crippen molar-refractivity contribution in [2.24, 2.45) is 10.9 Å². The van der Waals surface area contributed by atoms with Crippen molar-refractivity contribution in [1.82, 2.24) is 4.90 Å². The molecular formula is C38H45N2OP. The second-order valence-electron chi connectivity index (χ2n) is 13.0. The van der Waals surface area contributed by atoms with Gasteiger partial charge >= 0.3 is 0 Å². The van der Waals surface area contributed by atoms with E-state index < -0.39 is 0 Å². The zero-order valence-corrected chi connectivity index (χ0v) is 25.8. The largest absolute Gasteiger partial charge is 0.286 e. The number of nitrogens with zero attached hydrogens (tertiary/aromatic N) is 2. The van der Waals surface area contributed by atoms with E-state index in [0.29, 0.717) is 5.91 Å². The fourth-order valence-corrected chi connectivity index (χ4v) is 12.3. The fraction of sp³-hybridized carbons (Fsp3) is 0.474. The van der Waals surface area contributed by atoms with Crippen molar-refractivity contribution in [2.75, 3.05) is 0 Å². The number of rotatable bonds is 7. The normalized spacial score (nSPS) is 24.0. The molecule has 3 aliphatic carbocycles. The molecule has 0 saturated heterocycles. The van der Waals surface area contributed by atoms with Gasteiger partial charge in [-0.25, -0.2) is 0 Å². The summed E-state index contributed by atoms with van der Waals surface area (Å²) in [6, 6.07) is 30.4. The Bertz CT molecular complexity index is 1350. The number of amides is 1. The lowest BCUT2D eigenvalue weighted by Gasteiger charge is -2.36. The molecule has 0 spiro atoms. The van der Waals surface area contributed by atoms with Gasteiger partial charge in [-0.15, -0.1) is 0 Å². The predicted octanol–water partition coefficient (Wildman–Crippen LogP) is 9.33. The Labute approximate surface area is 253 Å². The summed E-state index contributed by atoms with van der Waals surface area (Å²) < 4.78 is 0. The lowest BCUT2D eigenvalue weighted by atomic mass is 9.86. The van der Waals surface area contributed by atoms with Crippen LogP contribution in [0.4, 0.5) is 0 Å².